The van der Waals surface area contributed by atoms with Gasteiger partial charge in [0, 0.05) is 43.5 Å². The molecule has 0 atom stereocenters. The fraction of sp³-hybridized carbons (Fsp3) is 0.529. The Hall–Kier alpha value is -0.510. The first kappa shape index (κ1) is 23.5. The lowest BCUT2D eigenvalue weighted by atomic mass is 9.93. The molecular weight excluding hydrogens is 504 g/mol. The molecule has 0 bridgehead atoms. The topological polar surface area (TPSA) is 54.2 Å². The summed E-state index contributed by atoms with van der Waals surface area (Å²) < 4.78 is 1.85. The van der Waals surface area contributed by atoms with Gasteiger partial charge in [-0.15, -0.1) is 35.3 Å². The van der Waals surface area contributed by atoms with Crippen LogP contribution in [0.5, 0.6) is 0 Å². The zero-order valence-corrected chi connectivity index (χ0v) is 20.3. The van der Waals surface area contributed by atoms with Crippen molar-refractivity contribution in [2.45, 2.75) is 39.2 Å². The number of hydrogen-bond donors (Lipinski definition) is 2. The zero-order valence-electron chi connectivity index (χ0n) is 15.7. The number of hydrogen-bond acceptors (Lipinski definition) is 3. The zero-order chi connectivity index (χ0) is 18.6. The molecule has 0 unspecified atom stereocenters. The Bertz CT molecular complexity index is 749. The summed E-state index contributed by atoms with van der Waals surface area (Å²) in [6.45, 7) is 7.90. The van der Waals surface area contributed by atoms with Crippen LogP contribution < -0.4 is 10.6 Å². The van der Waals surface area contributed by atoms with E-state index >= 15 is 0 Å². The average Bonchev–Trinajstić information content (AvgIpc) is 3.12. The molecule has 2 N–H and O–H groups in total. The number of thiazole rings is 1. The van der Waals surface area contributed by atoms with Gasteiger partial charge in [0.1, 0.15) is 5.15 Å². The molecule has 0 amide bonds. The highest BCUT2D eigenvalue weighted by molar-refractivity contribution is 14.0. The van der Waals surface area contributed by atoms with Crippen LogP contribution in [0.1, 0.15) is 37.2 Å². The minimum atomic E-state index is 0. The normalized spacial score (nSPS) is 12.0. The fourth-order valence-corrected chi connectivity index (χ4v) is 3.65. The van der Waals surface area contributed by atoms with Gasteiger partial charge < -0.3 is 15.2 Å². The molecule has 0 aliphatic rings. The van der Waals surface area contributed by atoms with Crippen molar-refractivity contribution in [3.05, 3.63) is 38.0 Å². The quantitative estimate of drug-likeness (QED) is 0.338. The monoisotopic (exact) mass is 529 g/mol. The first-order chi connectivity index (χ1) is 11.7. The van der Waals surface area contributed by atoms with Crippen molar-refractivity contribution in [3.63, 3.8) is 0 Å². The van der Waals surface area contributed by atoms with E-state index in [0.29, 0.717) is 16.7 Å². The minimum Gasteiger partial charge on any atom is -0.356 e. The minimum absolute atomic E-state index is 0. The molecule has 2 heterocycles. The lowest BCUT2D eigenvalue weighted by Crippen LogP contribution is -2.38. The molecule has 9 heteroatoms. The van der Waals surface area contributed by atoms with Crippen LogP contribution in [0.25, 0.3) is 0 Å². The summed E-state index contributed by atoms with van der Waals surface area (Å²) in [5.41, 5.74) is 2.23. The van der Waals surface area contributed by atoms with Crippen molar-refractivity contribution in [2.24, 2.45) is 12.0 Å². The predicted molar refractivity (Wildman–Crippen MR) is 124 cm³/mol. The summed E-state index contributed by atoms with van der Waals surface area (Å²) in [7, 11) is 3.64. The Morgan fingerprint density at radius 2 is 2.00 bits per heavy atom. The summed E-state index contributed by atoms with van der Waals surface area (Å²) in [5.74, 6) is 0.737. The Kier molecular flexibility index (Phi) is 9.18. The number of guanidine groups is 1. The number of halogens is 3. The standard InChI is InChI=1S/C17H25Cl2N5S.HI/c1-17(2,3)13-10-25-14(23-13)6-7-21-16(20-4)22-9-11-8-12(18)15(19)24(11)5;/h8,10H,6-7,9H2,1-5H3,(H2,20,21,22);1H. The van der Waals surface area contributed by atoms with Gasteiger partial charge in [0.05, 0.1) is 22.3 Å². The van der Waals surface area contributed by atoms with Crippen molar-refractivity contribution in [1.82, 2.24) is 20.2 Å². The molecule has 0 aliphatic carbocycles. The third-order valence-electron chi connectivity index (χ3n) is 3.83. The molecule has 146 valence electrons. The van der Waals surface area contributed by atoms with Crippen LogP contribution in [0.2, 0.25) is 10.2 Å². The third-order valence-corrected chi connectivity index (χ3v) is 5.58. The van der Waals surface area contributed by atoms with Crippen molar-refractivity contribution in [2.75, 3.05) is 13.6 Å². The molecule has 2 rings (SSSR count). The summed E-state index contributed by atoms with van der Waals surface area (Å²) in [5, 5.41) is 11.0. The van der Waals surface area contributed by atoms with Gasteiger partial charge in [0.25, 0.3) is 0 Å². The van der Waals surface area contributed by atoms with Gasteiger partial charge in [0.15, 0.2) is 5.96 Å². The second kappa shape index (κ2) is 10.1. The van der Waals surface area contributed by atoms with E-state index in [-0.39, 0.29) is 29.4 Å². The molecule has 5 nitrogen and oxygen atoms in total. The molecule has 2 aromatic rings. The van der Waals surface area contributed by atoms with E-state index in [9.17, 15) is 0 Å². The Labute approximate surface area is 186 Å². The molecule has 0 spiro atoms. The Balaban J connectivity index is 0.00000338. The number of rotatable bonds is 5. The van der Waals surface area contributed by atoms with E-state index in [1.54, 1.807) is 18.4 Å². The Morgan fingerprint density at radius 1 is 1.31 bits per heavy atom. The maximum Gasteiger partial charge on any atom is 0.191 e. The van der Waals surface area contributed by atoms with Crippen LogP contribution in [0.3, 0.4) is 0 Å². The van der Waals surface area contributed by atoms with Gasteiger partial charge in [-0.1, -0.05) is 44.0 Å². The second-order valence-corrected chi connectivity index (χ2v) is 8.52. The molecule has 0 aromatic carbocycles. The molecule has 0 saturated carbocycles. The lowest BCUT2D eigenvalue weighted by Gasteiger charge is -2.14. The van der Waals surface area contributed by atoms with Crippen LogP contribution in [0.15, 0.2) is 16.4 Å². The van der Waals surface area contributed by atoms with E-state index < -0.39 is 0 Å². The van der Waals surface area contributed by atoms with E-state index in [1.807, 2.05) is 17.7 Å². The van der Waals surface area contributed by atoms with Crippen LogP contribution in [-0.2, 0) is 25.4 Å². The highest BCUT2D eigenvalue weighted by atomic mass is 127. The molecule has 0 radical (unpaired) electrons. The second-order valence-electron chi connectivity index (χ2n) is 6.81. The maximum atomic E-state index is 6.08. The van der Waals surface area contributed by atoms with Crippen molar-refractivity contribution >= 4 is 64.5 Å². The van der Waals surface area contributed by atoms with Crippen LogP contribution >= 0.6 is 58.5 Å². The van der Waals surface area contributed by atoms with Crippen molar-refractivity contribution in [3.8, 4) is 0 Å². The summed E-state index contributed by atoms with van der Waals surface area (Å²) in [6.07, 6.45) is 0.864. The highest BCUT2D eigenvalue weighted by Crippen LogP contribution is 2.25. The van der Waals surface area contributed by atoms with Crippen LogP contribution in [0.4, 0.5) is 0 Å². The van der Waals surface area contributed by atoms with Gasteiger partial charge in [-0.2, -0.15) is 0 Å². The average molecular weight is 530 g/mol. The van der Waals surface area contributed by atoms with Crippen LogP contribution in [0, 0.1) is 0 Å². The lowest BCUT2D eigenvalue weighted by molar-refractivity contribution is 0.570. The van der Waals surface area contributed by atoms with Crippen molar-refractivity contribution < 1.29 is 0 Å². The molecule has 26 heavy (non-hydrogen) atoms. The largest absolute Gasteiger partial charge is 0.356 e. The van der Waals surface area contributed by atoms with Gasteiger partial charge in [0.2, 0.25) is 0 Å². The molecule has 0 aliphatic heterocycles. The van der Waals surface area contributed by atoms with Gasteiger partial charge in [-0.05, 0) is 6.07 Å². The van der Waals surface area contributed by atoms with Crippen molar-refractivity contribution in [1.29, 1.82) is 0 Å². The maximum absolute atomic E-state index is 6.08. The van der Waals surface area contributed by atoms with Gasteiger partial charge >= 0.3 is 0 Å². The number of nitrogens with zero attached hydrogens (tertiary/aromatic N) is 3. The summed E-state index contributed by atoms with van der Waals surface area (Å²) >= 11 is 13.8. The van der Waals surface area contributed by atoms with E-state index in [4.69, 9.17) is 28.2 Å². The SMILES string of the molecule is CN=C(NCCc1nc(C(C)(C)C)cs1)NCc1cc(Cl)c(Cl)n1C.I. The summed E-state index contributed by atoms with van der Waals surface area (Å²) in [4.78, 5) is 8.95. The number of aliphatic imine (C=N–C) groups is 1. The summed E-state index contributed by atoms with van der Waals surface area (Å²) in [6, 6.07) is 1.85. The van der Waals surface area contributed by atoms with Crippen LogP contribution in [-0.4, -0.2) is 29.1 Å². The number of nitrogens with one attached hydrogen (secondary N) is 2. The van der Waals surface area contributed by atoms with E-state index in [1.165, 1.54) is 0 Å². The van der Waals surface area contributed by atoms with E-state index in [2.05, 4.69) is 41.8 Å². The predicted octanol–water partition coefficient (Wildman–Crippen LogP) is 4.61. The van der Waals surface area contributed by atoms with E-state index in [0.717, 1.165) is 35.3 Å². The molecule has 2 aromatic heterocycles. The smallest absolute Gasteiger partial charge is 0.191 e. The molecule has 0 saturated heterocycles. The first-order valence-electron chi connectivity index (χ1n) is 8.11. The van der Waals surface area contributed by atoms with Gasteiger partial charge in [-0.25, -0.2) is 4.98 Å². The molecule has 0 fully saturated rings. The first-order valence-corrected chi connectivity index (χ1v) is 9.75. The molecular formula is C17H26Cl2IN5S. The third kappa shape index (κ3) is 6.28. The fourth-order valence-electron chi connectivity index (χ4n) is 2.21. The highest BCUT2D eigenvalue weighted by Gasteiger charge is 2.17. The Morgan fingerprint density at radius 3 is 2.50 bits per heavy atom. The van der Waals surface area contributed by atoms with Gasteiger partial charge in [-0.3, -0.25) is 4.99 Å². The number of aromatic nitrogens is 2.